The van der Waals surface area contributed by atoms with E-state index in [0.717, 1.165) is 22.0 Å². The van der Waals surface area contributed by atoms with E-state index in [9.17, 15) is 4.79 Å². The second-order valence-electron chi connectivity index (χ2n) is 6.31. The van der Waals surface area contributed by atoms with E-state index in [1.54, 1.807) is 0 Å². The lowest BCUT2D eigenvalue weighted by Crippen LogP contribution is -2.32. The quantitative estimate of drug-likeness (QED) is 0.692. The molecular weight excluding hydrogens is 310 g/mol. The van der Waals surface area contributed by atoms with E-state index in [1.165, 1.54) is 5.56 Å². The van der Waals surface area contributed by atoms with Gasteiger partial charge in [-0.3, -0.25) is 4.79 Å². The van der Waals surface area contributed by atoms with Gasteiger partial charge in [0.1, 0.15) is 5.75 Å². The number of benzene rings is 3. The Kier molecular flexibility index (Phi) is 5.03. The zero-order valence-corrected chi connectivity index (χ0v) is 14.9. The van der Waals surface area contributed by atoms with E-state index in [1.807, 2.05) is 68.4 Å². The number of carbonyl (C=O) groups excluding carboxylic acids is 1. The highest BCUT2D eigenvalue weighted by Crippen LogP contribution is 2.22. The third-order valence-electron chi connectivity index (χ3n) is 4.44. The standard InChI is InChI=1S/C22H23NO2/c1-4-21(22(24)23-19-11-9-15(2)16(3)13-19)25-20-12-10-17-7-5-6-8-18(17)14-20/h5-14,21H,4H2,1-3H3,(H,23,24)/t21-/m0/s1. The van der Waals surface area contributed by atoms with Crippen molar-refractivity contribution < 1.29 is 9.53 Å². The number of aryl methyl sites for hydroxylation is 2. The lowest BCUT2D eigenvalue weighted by molar-refractivity contribution is -0.122. The largest absolute Gasteiger partial charge is 0.481 e. The minimum Gasteiger partial charge on any atom is -0.481 e. The van der Waals surface area contributed by atoms with E-state index in [-0.39, 0.29) is 5.91 Å². The molecule has 1 atom stereocenters. The number of fused-ring (bicyclic) bond motifs is 1. The number of rotatable bonds is 5. The molecule has 0 fully saturated rings. The fourth-order valence-corrected chi connectivity index (χ4v) is 2.77. The van der Waals surface area contributed by atoms with Crippen molar-refractivity contribution in [3.63, 3.8) is 0 Å². The normalized spacial score (nSPS) is 12.0. The zero-order valence-electron chi connectivity index (χ0n) is 14.9. The lowest BCUT2D eigenvalue weighted by atomic mass is 10.1. The first kappa shape index (κ1) is 17.0. The molecule has 3 aromatic rings. The third kappa shape index (κ3) is 4.00. The monoisotopic (exact) mass is 333 g/mol. The maximum Gasteiger partial charge on any atom is 0.265 e. The summed E-state index contributed by atoms with van der Waals surface area (Å²) in [5, 5.41) is 5.21. The van der Waals surface area contributed by atoms with Gasteiger partial charge in [-0.05, 0) is 66.4 Å². The molecule has 128 valence electrons. The van der Waals surface area contributed by atoms with Crippen LogP contribution in [0.5, 0.6) is 5.75 Å². The van der Waals surface area contributed by atoms with Gasteiger partial charge in [0.2, 0.25) is 0 Å². The first-order valence-corrected chi connectivity index (χ1v) is 8.60. The Bertz CT molecular complexity index is 901. The highest BCUT2D eigenvalue weighted by Gasteiger charge is 2.18. The van der Waals surface area contributed by atoms with Crippen LogP contribution in [0, 0.1) is 13.8 Å². The number of nitrogens with one attached hydrogen (secondary N) is 1. The van der Waals surface area contributed by atoms with Gasteiger partial charge in [-0.2, -0.15) is 0 Å². The van der Waals surface area contributed by atoms with E-state index in [0.29, 0.717) is 12.2 Å². The fourth-order valence-electron chi connectivity index (χ4n) is 2.77. The fraction of sp³-hybridized carbons (Fsp3) is 0.227. The molecule has 0 aromatic heterocycles. The van der Waals surface area contributed by atoms with Crippen LogP contribution in [0.4, 0.5) is 5.69 Å². The highest BCUT2D eigenvalue weighted by atomic mass is 16.5. The van der Waals surface area contributed by atoms with E-state index in [4.69, 9.17) is 4.74 Å². The van der Waals surface area contributed by atoms with Crippen LogP contribution in [0.15, 0.2) is 60.7 Å². The van der Waals surface area contributed by atoms with Crippen LogP contribution >= 0.6 is 0 Å². The summed E-state index contributed by atoms with van der Waals surface area (Å²) in [5.41, 5.74) is 3.16. The van der Waals surface area contributed by atoms with Crippen molar-refractivity contribution in [3.8, 4) is 5.75 Å². The topological polar surface area (TPSA) is 38.3 Å². The van der Waals surface area contributed by atoms with Crippen molar-refractivity contribution in [2.75, 3.05) is 5.32 Å². The van der Waals surface area contributed by atoms with Gasteiger partial charge in [0.25, 0.3) is 5.91 Å². The molecule has 3 aromatic carbocycles. The van der Waals surface area contributed by atoms with Gasteiger partial charge in [-0.1, -0.05) is 43.3 Å². The predicted octanol–water partition coefficient (Wildman–Crippen LogP) is 5.25. The number of ether oxygens (including phenoxy) is 1. The van der Waals surface area contributed by atoms with E-state index in [2.05, 4.69) is 18.3 Å². The maximum absolute atomic E-state index is 12.6. The predicted molar refractivity (Wildman–Crippen MR) is 103 cm³/mol. The van der Waals surface area contributed by atoms with Crippen molar-refractivity contribution in [2.45, 2.75) is 33.3 Å². The maximum atomic E-state index is 12.6. The molecule has 0 spiro atoms. The van der Waals surface area contributed by atoms with Crippen molar-refractivity contribution in [1.29, 1.82) is 0 Å². The summed E-state index contributed by atoms with van der Waals surface area (Å²) < 4.78 is 5.95. The second kappa shape index (κ2) is 7.39. The van der Waals surface area contributed by atoms with Crippen LogP contribution in [0.3, 0.4) is 0 Å². The molecule has 3 nitrogen and oxygen atoms in total. The summed E-state index contributed by atoms with van der Waals surface area (Å²) in [6.07, 6.45) is 0.0755. The molecule has 0 radical (unpaired) electrons. The molecule has 3 rings (SSSR count). The molecule has 0 heterocycles. The first-order valence-electron chi connectivity index (χ1n) is 8.60. The summed E-state index contributed by atoms with van der Waals surface area (Å²) in [6.45, 7) is 6.04. The molecule has 0 saturated heterocycles. The number of carbonyl (C=O) groups is 1. The Morgan fingerprint density at radius 3 is 2.44 bits per heavy atom. The van der Waals surface area contributed by atoms with Crippen molar-refractivity contribution in [2.24, 2.45) is 0 Å². The van der Waals surface area contributed by atoms with Crippen molar-refractivity contribution in [3.05, 3.63) is 71.8 Å². The van der Waals surface area contributed by atoms with Crippen LogP contribution in [0.25, 0.3) is 10.8 Å². The molecular formula is C22H23NO2. The van der Waals surface area contributed by atoms with Crippen LogP contribution in [0.2, 0.25) is 0 Å². The van der Waals surface area contributed by atoms with E-state index < -0.39 is 6.10 Å². The second-order valence-corrected chi connectivity index (χ2v) is 6.31. The van der Waals surface area contributed by atoms with Gasteiger partial charge in [0.15, 0.2) is 6.10 Å². The average Bonchev–Trinajstić information content (AvgIpc) is 2.62. The first-order chi connectivity index (χ1) is 12.1. The molecule has 0 aliphatic heterocycles. The average molecular weight is 333 g/mol. The molecule has 1 amide bonds. The van der Waals surface area contributed by atoms with Gasteiger partial charge >= 0.3 is 0 Å². The van der Waals surface area contributed by atoms with Gasteiger partial charge in [0, 0.05) is 5.69 Å². The molecule has 0 unspecified atom stereocenters. The van der Waals surface area contributed by atoms with E-state index >= 15 is 0 Å². The minimum absolute atomic E-state index is 0.126. The summed E-state index contributed by atoms with van der Waals surface area (Å²) in [4.78, 5) is 12.6. The Morgan fingerprint density at radius 2 is 1.72 bits per heavy atom. The Balaban J connectivity index is 1.73. The van der Waals surface area contributed by atoms with Gasteiger partial charge < -0.3 is 10.1 Å². The number of hydrogen-bond donors (Lipinski definition) is 1. The third-order valence-corrected chi connectivity index (χ3v) is 4.44. The van der Waals surface area contributed by atoms with Crippen molar-refractivity contribution in [1.82, 2.24) is 0 Å². The Labute approximate surface area is 148 Å². The van der Waals surface area contributed by atoms with Gasteiger partial charge in [0.05, 0.1) is 0 Å². The highest BCUT2D eigenvalue weighted by molar-refractivity contribution is 5.94. The molecule has 0 bridgehead atoms. The number of hydrogen-bond acceptors (Lipinski definition) is 2. The Morgan fingerprint density at radius 1 is 0.960 bits per heavy atom. The van der Waals surface area contributed by atoms with Crippen LogP contribution < -0.4 is 10.1 Å². The molecule has 3 heteroatoms. The summed E-state index contributed by atoms with van der Waals surface area (Å²) in [5.74, 6) is 0.583. The van der Waals surface area contributed by atoms with Gasteiger partial charge in [-0.25, -0.2) is 0 Å². The number of anilines is 1. The van der Waals surface area contributed by atoms with Gasteiger partial charge in [-0.15, -0.1) is 0 Å². The number of amides is 1. The zero-order chi connectivity index (χ0) is 17.8. The lowest BCUT2D eigenvalue weighted by Gasteiger charge is -2.18. The smallest absolute Gasteiger partial charge is 0.265 e. The molecule has 0 aliphatic carbocycles. The molecule has 25 heavy (non-hydrogen) atoms. The van der Waals surface area contributed by atoms with Crippen LogP contribution in [0.1, 0.15) is 24.5 Å². The van der Waals surface area contributed by atoms with Crippen LogP contribution in [-0.2, 0) is 4.79 Å². The minimum atomic E-state index is -0.525. The SMILES string of the molecule is CC[C@H](Oc1ccc2ccccc2c1)C(=O)Nc1ccc(C)c(C)c1. The molecule has 0 aliphatic rings. The van der Waals surface area contributed by atoms with Crippen LogP contribution in [-0.4, -0.2) is 12.0 Å². The van der Waals surface area contributed by atoms with Crippen molar-refractivity contribution >= 4 is 22.4 Å². The summed E-state index contributed by atoms with van der Waals surface area (Å²) in [6, 6.07) is 19.9. The molecule has 1 N–H and O–H groups in total. The Hall–Kier alpha value is -2.81. The molecule has 0 saturated carbocycles. The summed E-state index contributed by atoms with van der Waals surface area (Å²) in [7, 11) is 0. The summed E-state index contributed by atoms with van der Waals surface area (Å²) >= 11 is 0.